The first-order valence-electron chi connectivity index (χ1n) is 6.87. The van der Waals surface area contributed by atoms with Crippen LogP contribution in [0.1, 0.15) is 0 Å². The van der Waals surface area contributed by atoms with Crippen molar-refractivity contribution in [1.82, 2.24) is 15.0 Å². The maximum Gasteiger partial charge on any atom is 0.258 e. The fourth-order valence-electron chi connectivity index (χ4n) is 2.15. The Morgan fingerprint density at radius 1 is 0.833 bits per heavy atom. The number of nitrogens with one attached hydrogen (secondary N) is 1. The molecule has 0 aliphatic rings. The molecule has 4 nitrogen and oxygen atoms in total. The minimum absolute atomic E-state index is 0.142. The van der Waals surface area contributed by atoms with Gasteiger partial charge in [-0.05, 0) is 47.9 Å². The van der Waals surface area contributed by atoms with E-state index < -0.39 is 0 Å². The number of H-pyrrole nitrogens is 1. The van der Waals surface area contributed by atoms with E-state index in [1.54, 1.807) is 30.5 Å². The molecule has 7 heteroatoms. The molecule has 0 saturated carbocycles. The molecular formula is C17H10Cl3N3O. The molecule has 4 aromatic rings. The van der Waals surface area contributed by atoms with Crippen LogP contribution in [0.4, 0.5) is 0 Å². The molecule has 4 rings (SSSR count). The first kappa shape index (κ1) is 16.7. The van der Waals surface area contributed by atoms with Gasteiger partial charge < -0.3 is 4.98 Å². The summed E-state index contributed by atoms with van der Waals surface area (Å²) in [5, 5.41) is 4.32. The highest BCUT2D eigenvalue weighted by Gasteiger charge is 1.99. The molecule has 0 amide bonds. The SMILES string of the molecule is Clc1ccc2c(Cl)nccc2c1.O=c1[nH]cnc2cc(Cl)ccc12. The minimum atomic E-state index is -0.142. The van der Waals surface area contributed by atoms with E-state index >= 15 is 0 Å². The molecule has 0 aliphatic carbocycles. The maximum atomic E-state index is 11.2. The average Bonchev–Trinajstić information content (AvgIpc) is 2.55. The molecule has 0 radical (unpaired) electrons. The quantitative estimate of drug-likeness (QED) is 0.432. The van der Waals surface area contributed by atoms with Crippen molar-refractivity contribution < 1.29 is 0 Å². The molecule has 2 aromatic heterocycles. The van der Waals surface area contributed by atoms with Crippen LogP contribution in [0.3, 0.4) is 0 Å². The molecule has 0 fully saturated rings. The summed E-state index contributed by atoms with van der Waals surface area (Å²) in [5.41, 5.74) is 0.475. The summed E-state index contributed by atoms with van der Waals surface area (Å²) >= 11 is 17.4. The molecule has 120 valence electrons. The molecule has 2 aromatic carbocycles. The van der Waals surface area contributed by atoms with Crippen LogP contribution >= 0.6 is 34.8 Å². The zero-order valence-corrected chi connectivity index (χ0v) is 14.4. The lowest BCUT2D eigenvalue weighted by molar-refractivity contribution is 1.17. The maximum absolute atomic E-state index is 11.2. The van der Waals surface area contributed by atoms with E-state index in [0.717, 1.165) is 10.8 Å². The zero-order chi connectivity index (χ0) is 17.1. The topological polar surface area (TPSA) is 58.6 Å². The highest BCUT2D eigenvalue weighted by molar-refractivity contribution is 6.35. The Morgan fingerprint density at radius 2 is 1.54 bits per heavy atom. The number of aromatic nitrogens is 3. The van der Waals surface area contributed by atoms with Gasteiger partial charge in [0.2, 0.25) is 0 Å². The molecule has 24 heavy (non-hydrogen) atoms. The van der Waals surface area contributed by atoms with Crippen LogP contribution in [0.2, 0.25) is 15.2 Å². The van der Waals surface area contributed by atoms with Gasteiger partial charge in [-0.3, -0.25) is 4.79 Å². The third-order valence-corrected chi connectivity index (χ3v) is 4.05. The summed E-state index contributed by atoms with van der Waals surface area (Å²) in [6, 6.07) is 12.4. The van der Waals surface area contributed by atoms with E-state index in [4.69, 9.17) is 34.8 Å². The molecule has 0 unspecified atom stereocenters. The monoisotopic (exact) mass is 377 g/mol. The largest absolute Gasteiger partial charge is 0.313 e. The van der Waals surface area contributed by atoms with Crippen molar-refractivity contribution in [2.75, 3.05) is 0 Å². The van der Waals surface area contributed by atoms with Gasteiger partial charge in [0.25, 0.3) is 5.56 Å². The van der Waals surface area contributed by atoms with Gasteiger partial charge in [0.1, 0.15) is 5.15 Å². The smallest absolute Gasteiger partial charge is 0.258 e. The van der Waals surface area contributed by atoms with Gasteiger partial charge in [0.05, 0.1) is 17.2 Å². The van der Waals surface area contributed by atoms with E-state index in [2.05, 4.69) is 15.0 Å². The Balaban J connectivity index is 0.000000141. The Bertz CT molecular complexity index is 1080. The standard InChI is InChI=1S/C9H5Cl2N.C8H5ClN2O/c10-7-1-2-8-6(5-7)3-4-12-9(8)11;9-5-1-2-6-7(3-5)10-4-11-8(6)12/h1-5H;1-4H,(H,10,11,12). The van der Waals surface area contributed by atoms with Crippen molar-refractivity contribution in [3.05, 3.63) is 80.5 Å². The number of aromatic amines is 1. The molecule has 0 atom stereocenters. The summed E-state index contributed by atoms with van der Waals surface area (Å²) in [4.78, 5) is 21.6. The molecule has 0 aliphatic heterocycles. The highest BCUT2D eigenvalue weighted by Crippen LogP contribution is 2.23. The van der Waals surface area contributed by atoms with Gasteiger partial charge in [-0.25, -0.2) is 9.97 Å². The number of halogens is 3. The van der Waals surface area contributed by atoms with E-state index in [9.17, 15) is 4.79 Å². The first-order valence-corrected chi connectivity index (χ1v) is 8.01. The van der Waals surface area contributed by atoms with Crippen LogP contribution in [0, 0.1) is 0 Å². The highest BCUT2D eigenvalue weighted by atomic mass is 35.5. The fraction of sp³-hybridized carbons (Fsp3) is 0. The number of hydrogen-bond donors (Lipinski definition) is 1. The Kier molecular flexibility index (Phi) is 5.00. The molecule has 0 bridgehead atoms. The molecule has 1 N–H and O–H groups in total. The van der Waals surface area contributed by atoms with Gasteiger partial charge in [-0.1, -0.05) is 34.8 Å². The number of fused-ring (bicyclic) bond motifs is 2. The number of pyridine rings is 1. The Labute approximate surface area is 152 Å². The third kappa shape index (κ3) is 3.67. The lowest BCUT2D eigenvalue weighted by Crippen LogP contribution is -2.05. The lowest BCUT2D eigenvalue weighted by Gasteiger charge is -1.98. The number of rotatable bonds is 0. The van der Waals surface area contributed by atoms with Gasteiger partial charge in [-0.15, -0.1) is 0 Å². The second-order valence-electron chi connectivity index (χ2n) is 4.86. The third-order valence-electron chi connectivity index (χ3n) is 3.28. The second-order valence-corrected chi connectivity index (χ2v) is 6.09. The average molecular weight is 379 g/mol. The molecule has 2 heterocycles. The van der Waals surface area contributed by atoms with Crippen molar-refractivity contribution in [2.24, 2.45) is 0 Å². The van der Waals surface area contributed by atoms with Crippen LogP contribution in [-0.4, -0.2) is 15.0 Å². The molecular weight excluding hydrogens is 369 g/mol. The van der Waals surface area contributed by atoms with E-state index in [1.165, 1.54) is 6.33 Å². The van der Waals surface area contributed by atoms with E-state index in [0.29, 0.717) is 26.1 Å². The Hall–Kier alpha value is -2.14. The normalized spacial score (nSPS) is 10.5. The van der Waals surface area contributed by atoms with Crippen LogP contribution in [0.25, 0.3) is 21.7 Å². The number of hydrogen-bond acceptors (Lipinski definition) is 3. The first-order chi connectivity index (χ1) is 11.5. The van der Waals surface area contributed by atoms with E-state index in [1.807, 2.05) is 18.2 Å². The van der Waals surface area contributed by atoms with Gasteiger partial charge in [-0.2, -0.15) is 0 Å². The van der Waals surface area contributed by atoms with Gasteiger partial charge in [0.15, 0.2) is 0 Å². The van der Waals surface area contributed by atoms with Crippen LogP contribution in [-0.2, 0) is 0 Å². The minimum Gasteiger partial charge on any atom is -0.313 e. The number of benzene rings is 2. The summed E-state index contributed by atoms with van der Waals surface area (Å²) in [6.45, 7) is 0. The summed E-state index contributed by atoms with van der Waals surface area (Å²) in [5.74, 6) is 0. The fourth-order valence-corrected chi connectivity index (χ4v) is 2.73. The predicted octanol–water partition coefficient (Wildman–Crippen LogP) is 5.12. The van der Waals surface area contributed by atoms with Crippen LogP contribution in [0.15, 0.2) is 59.8 Å². The van der Waals surface area contributed by atoms with Gasteiger partial charge in [0, 0.05) is 21.6 Å². The van der Waals surface area contributed by atoms with Crippen molar-refractivity contribution in [3.8, 4) is 0 Å². The number of nitrogens with zero attached hydrogens (tertiary/aromatic N) is 2. The Morgan fingerprint density at radius 3 is 2.33 bits per heavy atom. The predicted molar refractivity (Wildman–Crippen MR) is 99.1 cm³/mol. The summed E-state index contributed by atoms with van der Waals surface area (Å²) < 4.78 is 0. The van der Waals surface area contributed by atoms with Crippen molar-refractivity contribution in [3.63, 3.8) is 0 Å². The molecule has 0 saturated heterocycles. The van der Waals surface area contributed by atoms with Crippen molar-refractivity contribution >= 4 is 56.5 Å². The van der Waals surface area contributed by atoms with Gasteiger partial charge >= 0.3 is 0 Å². The van der Waals surface area contributed by atoms with E-state index in [-0.39, 0.29) is 5.56 Å². The zero-order valence-electron chi connectivity index (χ0n) is 12.1. The molecule has 0 spiro atoms. The van der Waals surface area contributed by atoms with Crippen LogP contribution in [0.5, 0.6) is 0 Å². The lowest BCUT2D eigenvalue weighted by atomic mass is 10.2. The summed E-state index contributed by atoms with van der Waals surface area (Å²) in [7, 11) is 0. The van der Waals surface area contributed by atoms with Crippen molar-refractivity contribution in [1.29, 1.82) is 0 Å². The van der Waals surface area contributed by atoms with Crippen molar-refractivity contribution in [2.45, 2.75) is 0 Å². The van der Waals surface area contributed by atoms with Crippen LogP contribution < -0.4 is 5.56 Å². The summed E-state index contributed by atoms with van der Waals surface area (Å²) in [6.07, 6.45) is 3.03. The second kappa shape index (κ2) is 7.18.